The molecule has 3 aromatic heterocycles. The van der Waals surface area contributed by atoms with Gasteiger partial charge in [-0.2, -0.15) is 0 Å². The highest BCUT2D eigenvalue weighted by Crippen LogP contribution is 2.19. The maximum atomic E-state index is 4.44. The van der Waals surface area contributed by atoms with Crippen LogP contribution in [0.5, 0.6) is 0 Å². The first-order valence-corrected chi connectivity index (χ1v) is 6.41. The molecule has 6 heteroatoms. The largest absolute Gasteiger partial charge is 0.331 e. The molecule has 102 valence electrons. The molecule has 3 aromatic rings. The first-order valence-electron chi connectivity index (χ1n) is 6.41. The molecular formula is C14H16N6. The minimum atomic E-state index is 0.693. The summed E-state index contributed by atoms with van der Waals surface area (Å²) < 4.78 is 2.04. The van der Waals surface area contributed by atoms with E-state index in [2.05, 4.69) is 25.3 Å². The van der Waals surface area contributed by atoms with Crippen molar-refractivity contribution in [3.63, 3.8) is 0 Å². The summed E-state index contributed by atoms with van der Waals surface area (Å²) in [6.45, 7) is 5.85. The van der Waals surface area contributed by atoms with Crippen LogP contribution in [0.4, 0.5) is 11.6 Å². The van der Waals surface area contributed by atoms with Crippen LogP contribution in [0.2, 0.25) is 0 Å². The number of hydrogen-bond acceptors (Lipinski definition) is 5. The molecule has 0 bridgehead atoms. The van der Waals surface area contributed by atoms with Crippen molar-refractivity contribution >= 4 is 22.7 Å². The van der Waals surface area contributed by atoms with Crippen molar-refractivity contribution in [1.82, 2.24) is 24.5 Å². The Morgan fingerprint density at radius 3 is 2.50 bits per heavy atom. The minimum absolute atomic E-state index is 0.693. The van der Waals surface area contributed by atoms with E-state index < -0.39 is 0 Å². The van der Waals surface area contributed by atoms with Crippen LogP contribution < -0.4 is 5.32 Å². The zero-order valence-corrected chi connectivity index (χ0v) is 12.0. The molecule has 20 heavy (non-hydrogen) atoms. The van der Waals surface area contributed by atoms with Crippen molar-refractivity contribution in [2.24, 2.45) is 7.05 Å². The standard InChI is InChI=1S/C14H16N6/c1-8-9(2)17-14(7-15-8)19-13-5-12-11(6-16-13)18-10(3)20(12)4/h5-7H,1-4H3,(H,16,17,19). The summed E-state index contributed by atoms with van der Waals surface area (Å²) in [4.78, 5) is 17.5. The van der Waals surface area contributed by atoms with E-state index in [1.807, 2.05) is 38.5 Å². The second-order valence-electron chi connectivity index (χ2n) is 4.83. The molecule has 0 aliphatic rings. The van der Waals surface area contributed by atoms with E-state index in [-0.39, 0.29) is 0 Å². The molecular weight excluding hydrogens is 252 g/mol. The number of imidazole rings is 1. The maximum absolute atomic E-state index is 4.44. The van der Waals surface area contributed by atoms with Gasteiger partial charge in [-0.15, -0.1) is 0 Å². The lowest BCUT2D eigenvalue weighted by Gasteiger charge is -2.06. The fourth-order valence-electron chi connectivity index (χ4n) is 2.02. The molecule has 0 radical (unpaired) electrons. The number of nitrogens with one attached hydrogen (secondary N) is 1. The highest BCUT2D eigenvalue weighted by atomic mass is 15.1. The number of nitrogens with zero attached hydrogens (tertiary/aromatic N) is 5. The quantitative estimate of drug-likeness (QED) is 0.773. The van der Waals surface area contributed by atoms with Gasteiger partial charge >= 0.3 is 0 Å². The predicted octanol–water partition coefficient (Wildman–Crippen LogP) is 2.43. The highest BCUT2D eigenvalue weighted by Gasteiger charge is 2.07. The molecule has 0 aliphatic carbocycles. The Balaban J connectivity index is 1.98. The predicted molar refractivity (Wildman–Crippen MR) is 78.0 cm³/mol. The van der Waals surface area contributed by atoms with E-state index in [9.17, 15) is 0 Å². The molecule has 1 N–H and O–H groups in total. The number of hydrogen-bond donors (Lipinski definition) is 1. The molecule has 0 aromatic carbocycles. The van der Waals surface area contributed by atoms with Crippen LogP contribution >= 0.6 is 0 Å². The lowest BCUT2D eigenvalue weighted by atomic mass is 10.3. The molecule has 3 rings (SSSR count). The van der Waals surface area contributed by atoms with Gasteiger partial charge in [0.15, 0.2) is 0 Å². The Kier molecular flexibility index (Phi) is 2.85. The SMILES string of the molecule is Cc1ncc(Nc2cc3c(cn2)nc(C)n3C)nc1C. The van der Waals surface area contributed by atoms with Gasteiger partial charge in [0.2, 0.25) is 0 Å². The first-order chi connectivity index (χ1) is 9.54. The molecule has 0 fully saturated rings. The zero-order chi connectivity index (χ0) is 14.3. The topological polar surface area (TPSA) is 68.5 Å². The van der Waals surface area contributed by atoms with Crippen LogP contribution in [0, 0.1) is 20.8 Å². The third-order valence-corrected chi connectivity index (χ3v) is 3.44. The average molecular weight is 268 g/mol. The normalized spacial score (nSPS) is 11.0. The van der Waals surface area contributed by atoms with Crippen molar-refractivity contribution in [1.29, 1.82) is 0 Å². The summed E-state index contributed by atoms with van der Waals surface area (Å²) in [6.07, 6.45) is 3.47. The van der Waals surface area contributed by atoms with Gasteiger partial charge in [-0.3, -0.25) is 4.98 Å². The molecule has 0 spiro atoms. The number of anilines is 2. The molecule has 0 saturated heterocycles. The number of aryl methyl sites for hydroxylation is 4. The van der Waals surface area contributed by atoms with Gasteiger partial charge in [0.1, 0.15) is 23.0 Å². The van der Waals surface area contributed by atoms with E-state index in [0.717, 1.165) is 34.1 Å². The number of rotatable bonds is 2. The lowest BCUT2D eigenvalue weighted by Crippen LogP contribution is -2.00. The van der Waals surface area contributed by atoms with Gasteiger partial charge in [-0.25, -0.2) is 15.0 Å². The summed E-state index contributed by atoms with van der Waals surface area (Å²) >= 11 is 0. The molecule has 0 amide bonds. The van der Waals surface area contributed by atoms with E-state index in [1.54, 1.807) is 12.4 Å². The zero-order valence-electron chi connectivity index (χ0n) is 12.0. The summed E-state index contributed by atoms with van der Waals surface area (Å²) in [5.41, 5.74) is 3.77. The van der Waals surface area contributed by atoms with Crippen LogP contribution in [-0.4, -0.2) is 24.5 Å². The summed E-state index contributed by atoms with van der Waals surface area (Å²) in [6, 6.07) is 1.96. The molecule has 0 unspecified atom stereocenters. The van der Waals surface area contributed by atoms with E-state index in [4.69, 9.17) is 0 Å². The third-order valence-electron chi connectivity index (χ3n) is 3.44. The fourth-order valence-corrected chi connectivity index (χ4v) is 2.02. The van der Waals surface area contributed by atoms with Crippen molar-refractivity contribution in [3.8, 4) is 0 Å². The Morgan fingerprint density at radius 1 is 0.950 bits per heavy atom. The van der Waals surface area contributed by atoms with Crippen LogP contribution in [0.1, 0.15) is 17.2 Å². The average Bonchev–Trinajstić information content (AvgIpc) is 2.70. The van der Waals surface area contributed by atoms with Crippen LogP contribution in [-0.2, 0) is 7.05 Å². The van der Waals surface area contributed by atoms with Crippen LogP contribution in [0.15, 0.2) is 18.5 Å². The van der Waals surface area contributed by atoms with E-state index >= 15 is 0 Å². The number of pyridine rings is 1. The maximum Gasteiger partial charge on any atom is 0.150 e. The lowest BCUT2D eigenvalue weighted by molar-refractivity contribution is 0.886. The Hall–Kier alpha value is -2.50. The Labute approximate surface area is 116 Å². The summed E-state index contributed by atoms with van der Waals surface area (Å²) in [5, 5.41) is 3.17. The van der Waals surface area contributed by atoms with Gasteiger partial charge in [0, 0.05) is 13.1 Å². The van der Waals surface area contributed by atoms with Gasteiger partial charge in [-0.05, 0) is 20.8 Å². The van der Waals surface area contributed by atoms with Crippen molar-refractivity contribution in [3.05, 3.63) is 35.7 Å². The van der Waals surface area contributed by atoms with Crippen LogP contribution in [0.25, 0.3) is 11.0 Å². The minimum Gasteiger partial charge on any atom is -0.331 e. The second kappa shape index (κ2) is 4.56. The number of aromatic nitrogens is 5. The summed E-state index contributed by atoms with van der Waals surface area (Å²) in [7, 11) is 1.99. The van der Waals surface area contributed by atoms with Crippen molar-refractivity contribution in [2.75, 3.05) is 5.32 Å². The summed E-state index contributed by atoms with van der Waals surface area (Å²) in [5.74, 6) is 2.39. The Morgan fingerprint density at radius 2 is 1.75 bits per heavy atom. The third kappa shape index (κ3) is 2.09. The smallest absolute Gasteiger partial charge is 0.150 e. The van der Waals surface area contributed by atoms with E-state index in [1.165, 1.54) is 0 Å². The van der Waals surface area contributed by atoms with Gasteiger partial charge in [-0.1, -0.05) is 0 Å². The first kappa shape index (κ1) is 12.5. The van der Waals surface area contributed by atoms with Crippen molar-refractivity contribution in [2.45, 2.75) is 20.8 Å². The monoisotopic (exact) mass is 268 g/mol. The fraction of sp³-hybridized carbons (Fsp3) is 0.286. The van der Waals surface area contributed by atoms with E-state index in [0.29, 0.717) is 5.82 Å². The molecule has 0 aliphatic heterocycles. The molecule has 0 atom stereocenters. The van der Waals surface area contributed by atoms with Gasteiger partial charge in [0.05, 0.1) is 29.3 Å². The van der Waals surface area contributed by atoms with Crippen LogP contribution in [0.3, 0.4) is 0 Å². The second-order valence-corrected chi connectivity index (χ2v) is 4.83. The Bertz CT molecular complexity index is 790. The molecule has 0 saturated carbocycles. The van der Waals surface area contributed by atoms with Crippen molar-refractivity contribution < 1.29 is 0 Å². The molecule has 6 nitrogen and oxygen atoms in total. The van der Waals surface area contributed by atoms with Gasteiger partial charge < -0.3 is 9.88 Å². The highest BCUT2D eigenvalue weighted by molar-refractivity contribution is 5.78. The number of fused-ring (bicyclic) bond motifs is 1. The molecule has 3 heterocycles. The van der Waals surface area contributed by atoms with Gasteiger partial charge in [0.25, 0.3) is 0 Å².